The van der Waals surface area contributed by atoms with Crippen molar-refractivity contribution in [1.82, 2.24) is 4.90 Å². The van der Waals surface area contributed by atoms with Crippen LogP contribution in [0, 0.1) is 5.82 Å². The second kappa shape index (κ2) is 9.37. The molecule has 0 aromatic heterocycles. The molecular weight excluding hydrogens is 389 g/mol. The lowest BCUT2D eigenvalue weighted by atomic mass is 9.95. The van der Waals surface area contributed by atoms with Crippen molar-refractivity contribution in [2.75, 3.05) is 26.9 Å². The van der Waals surface area contributed by atoms with E-state index in [9.17, 15) is 19.1 Å². The fourth-order valence-corrected chi connectivity index (χ4v) is 3.31. The Morgan fingerprint density at radius 1 is 1.17 bits per heavy atom. The van der Waals surface area contributed by atoms with Gasteiger partial charge in [0.1, 0.15) is 23.9 Å². The van der Waals surface area contributed by atoms with Gasteiger partial charge in [0.2, 0.25) is 0 Å². The highest BCUT2D eigenvalue weighted by molar-refractivity contribution is 6.46. The maximum absolute atomic E-state index is 13.4. The van der Waals surface area contributed by atoms with Crippen LogP contribution in [0.4, 0.5) is 4.39 Å². The number of hydrogen-bond donors (Lipinski definition) is 1. The number of ketones is 1. The quantitative estimate of drug-likeness (QED) is 0.312. The number of carbonyl (C=O) groups is 2. The summed E-state index contributed by atoms with van der Waals surface area (Å²) in [6.45, 7) is 4.27. The number of amides is 1. The molecule has 3 rings (SSSR count). The molecule has 2 aromatic rings. The second-order valence-electron chi connectivity index (χ2n) is 6.66. The molecule has 1 atom stereocenters. The highest BCUT2D eigenvalue weighted by Crippen LogP contribution is 2.39. The van der Waals surface area contributed by atoms with Crippen LogP contribution in [-0.4, -0.2) is 48.6 Å². The molecule has 0 unspecified atom stereocenters. The van der Waals surface area contributed by atoms with Gasteiger partial charge in [-0.2, -0.15) is 0 Å². The van der Waals surface area contributed by atoms with Crippen molar-refractivity contribution in [1.29, 1.82) is 0 Å². The maximum Gasteiger partial charge on any atom is 0.295 e. The molecule has 0 bridgehead atoms. The first-order valence-corrected chi connectivity index (χ1v) is 9.35. The molecule has 7 heteroatoms. The van der Waals surface area contributed by atoms with Crippen LogP contribution in [0.2, 0.25) is 0 Å². The first kappa shape index (κ1) is 21.3. The number of halogens is 1. The van der Waals surface area contributed by atoms with Crippen molar-refractivity contribution < 1.29 is 28.6 Å². The number of ether oxygens (including phenoxy) is 2. The largest absolute Gasteiger partial charge is 0.507 e. The lowest BCUT2D eigenvalue weighted by molar-refractivity contribution is -0.140. The Morgan fingerprint density at radius 3 is 2.43 bits per heavy atom. The van der Waals surface area contributed by atoms with Gasteiger partial charge in [0.05, 0.1) is 18.2 Å². The predicted octanol–water partition coefficient (Wildman–Crippen LogP) is 3.46. The van der Waals surface area contributed by atoms with Gasteiger partial charge < -0.3 is 19.5 Å². The Kier molecular flexibility index (Phi) is 6.64. The average Bonchev–Trinajstić information content (AvgIpc) is 3.01. The standard InChI is InChI=1S/C23H22FNO5/c1-3-13-30-18-10-6-16(7-11-18)21(26)19-20(15-4-8-17(24)9-5-15)25(12-14-29-2)23(28)22(19)27/h3-11,20,26H,1,12-14H2,2H3/t20-/m0/s1. The monoisotopic (exact) mass is 411 g/mol. The summed E-state index contributed by atoms with van der Waals surface area (Å²) in [7, 11) is 1.49. The van der Waals surface area contributed by atoms with Crippen LogP contribution < -0.4 is 4.74 Å². The van der Waals surface area contributed by atoms with Crippen LogP contribution in [-0.2, 0) is 14.3 Å². The van der Waals surface area contributed by atoms with Crippen LogP contribution in [0.1, 0.15) is 17.2 Å². The zero-order chi connectivity index (χ0) is 21.7. The smallest absolute Gasteiger partial charge is 0.295 e. The average molecular weight is 411 g/mol. The van der Waals surface area contributed by atoms with Crippen LogP contribution >= 0.6 is 0 Å². The molecular formula is C23H22FNO5. The number of Topliss-reactive ketones (excluding diaryl/α,β-unsaturated/α-hetero) is 1. The van der Waals surface area contributed by atoms with E-state index < -0.39 is 23.5 Å². The van der Waals surface area contributed by atoms with E-state index in [1.165, 1.54) is 36.3 Å². The zero-order valence-electron chi connectivity index (χ0n) is 16.5. The number of benzene rings is 2. The molecule has 6 nitrogen and oxygen atoms in total. The topological polar surface area (TPSA) is 76.1 Å². The molecule has 2 aromatic carbocycles. The van der Waals surface area contributed by atoms with Gasteiger partial charge in [0.15, 0.2) is 0 Å². The van der Waals surface area contributed by atoms with E-state index in [2.05, 4.69) is 6.58 Å². The van der Waals surface area contributed by atoms with Gasteiger partial charge in [0, 0.05) is 19.2 Å². The predicted molar refractivity (Wildman–Crippen MR) is 109 cm³/mol. The maximum atomic E-state index is 13.4. The molecule has 156 valence electrons. The summed E-state index contributed by atoms with van der Waals surface area (Å²) in [5.74, 6) is -1.72. The van der Waals surface area contributed by atoms with Crippen molar-refractivity contribution in [3.63, 3.8) is 0 Å². The normalized spacial score (nSPS) is 17.9. The number of likely N-dealkylation sites (tertiary alicyclic amines) is 1. The summed E-state index contributed by atoms with van der Waals surface area (Å²) in [6, 6.07) is 11.1. The van der Waals surface area contributed by atoms with E-state index in [4.69, 9.17) is 9.47 Å². The molecule has 30 heavy (non-hydrogen) atoms. The molecule has 1 aliphatic heterocycles. The van der Waals surface area contributed by atoms with Gasteiger partial charge >= 0.3 is 0 Å². The molecule has 0 spiro atoms. The van der Waals surface area contributed by atoms with Crippen molar-refractivity contribution in [2.24, 2.45) is 0 Å². The number of methoxy groups -OCH3 is 1. The Morgan fingerprint density at radius 2 is 1.83 bits per heavy atom. The number of rotatable bonds is 8. The van der Waals surface area contributed by atoms with Gasteiger partial charge in [-0.15, -0.1) is 0 Å². The molecule has 1 heterocycles. The fourth-order valence-electron chi connectivity index (χ4n) is 3.31. The molecule has 1 fully saturated rings. The zero-order valence-corrected chi connectivity index (χ0v) is 16.5. The highest BCUT2D eigenvalue weighted by atomic mass is 19.1. The van der Waals surface area contributed by atoms with Crippen molar-refractivity contribution in [2.45, 2.75) is 6.04 Å². The Bertz CT molecular complexity index is 966. The van der Waals surface area contributed by atoms with E-state index in [-0.39, 0.29) is 24.5 Å². The molecule has 0 radical (unpaired) electrons. The lowest BCUT2D eigenvalue weighted by Gasteiger charge is -2.25. The summed E-state index contributed by atoms with van der Waals surface area (Å²) < 4.78 is 23.9. The summed E-state index contributed by atoms with van der Waals surface area (Å²) in [4.78, 5) is 26.8. The molecule has 1 saturated heterocycles. The minimum Gasteiger partial charge on any atom is -0.507 e. The number of nitrogens with zero attached hydrogens (tertiary/aromatic N) is 1. The number of aliphatic hydroxyl groups is 1. The summed E-state index contributed by atoms with van der Waals surface area (Å²) in [5, 5.41) is 10.9. The fraction of sp³-hybridized carbons (Fsp3) is 0.217. The number of carbonyl (C=O) groups excluding carboxylic acids is 2. The summed E-state index contributed by atoms with van der Waals surface area (Å²) in [5.41, 5.74) is 0.819. The van der Waals surface area contributed by atoms with E-state index in [1.807, 2.05) is 0 Å². The van der Waals surface area contributed by atoms with Crippen LogP contribution in [0.25, 0.3) is 5.76 Å². The number of aliphatic hydroxyl groups excluding tert-OH is 1. The summed E-state index contributed by atoms with van der Waals surface area (Å²) >= 11 is 0. The van der Waals surface area contributed by atoms with Crippen LogP contribution in [0.5, 0.6) is 5.75 Å². The minimum absolute atomic E-state index is 0.0533. The SMILES string of the molecule is C=CCOc1ccc(C(O)=C2C(=O)C(=O)N(CCOC)[C@H]2c2ccc(F)cc2)cc1. The van der Waals surface area contributed by atoms with Gasteiger partial charge in [-0.25, -0.2) is 4.39 Å². The first-order valence-electron chi connectivity index (χ1n) is 9.35. The molecule has 0 saturated carbocycles. The van der Waals surface area contributed by atoms with E-state index in [0.717, 1.165) is 0 Å². The van der Waals surface area contributed by atoms with Crippen LogP contribution in [0.15, 0.2) is 66.8 Å². The summed E-state index contributed by atoms with van der Waals surface area (Å²) in [6.07, 6.45) is 1.61. The third kappa shape index (κ3) is 4.26. The second-order valence-corrected chi connectivity index (χ2v) is 6.66. The lowest BCUT2D eigenvalue weighted by Crippen LogP contribution is -2.32. The van der Waals surface area contributed by atoms with Gasteiger partial charge in [-0.05, 0) is 42.0 Å². The Labute approximate surface area is 173 Å². The molecule has 1 amide bonds. The third-order valence-corrected chi connectivity index (χ3v) is 4.76. The molecule has 1 N–H and O–H groups in total. The van der Waals surface area contributed by atoms with Crippen molar-refractivity contribution in [3.05, 3.63) is 83.7 Å². The Balaban J connectivity index is 2.05. The van der Waals surface area contributed by atoms with Crippen LogP contribution in [0.3, 0.4) is 0 Å². The van der Waals surface area contributed by atoms with E-state index >= 15 is 0 Å². The van der Waals surface area contributed by atoms with Crippen molar-refractivity contribution >= 4 is 17.4 Å². The number of hydrogen-bond acceptors (Lipinski definition) is 5. The third-order valence-electron chi connectivity index (χ3n) is 4.76. The first-order chi connectivity index (χ1) is 14.5. The van der Waals surface area contributed by atoms with Crippen molar-refractivity contribution in [3.8, 4) is 5.75 Å². The van der Waals surface area contributed by atoms with E-state index in [0.29, 0.717) is 23.5 Å². The van der Waals surface area contributed by atoms with Gasteiger partial charge in [0.25, 0.3) is 11.7 Å². The van der Waals surface area contributed by atoms with Gasteiger partial charge in [-0.1, -0.05) is 24.8 Å². The van der Waals surface area contributed by atoms with Gasteiger partial charge in [-0.3, -0.25) is 9.59 Å². The minimum atomic E-state index is -0.850. The highest BCUT2D eigenvalue weighted by Gasteiger charge is 2.45. The Hall–Kier alpha value is -3.45. The molecule has 0 aliphatic carbocycles. The molecule has 1 aliphatic rings. The van der Waals surface area contributed by atoms with E-state index in [1.54, 1.807) is 30.3 Å².